The van der Waals surface area contributed by atoms with Gasteiger partial charge in [-0.3, -0.25) is 4.70 Å². The van der Waals surface area contributed by atoms with E-state index in [1.807, 2.05) is 0 Å². The fraction of sp³-hybridized carbons (Fsp3) is 0. The van der Waals surface area contributed by atoms with Gasteiger partial charge in [-0.15, -0.1) is 0 Å². The van der Waals surface area contributed by atoms with Gasteiger partial charge < -0.3 is 8.33 Å². The summed E-state index contributed by atoms with van der Waals surface area (Å²) in [5, 5.41) is 0. The van der Waals surface area contributed by atoms with Gasteiger partial charge in [0.2, 0.25) is 0 Å². The van der Waals surface area contributed by atoms with Gasteiger partial charge in [-0.2, -0.15) is 0 Å². The molecule has 0 atom stereocenters. The molecule has 20 valence electrons. The molecule has 0 spiro atoms. The van der Waals surface area contributed by atoms with E-state index in [1.54, 1.807) is 0 Å². The number of rotatable bonds is 0. The molecule has 0 fully saturated rings. The van der Waals surface area contributed by atoms with Crippen molar-refractivity contribution in [3.8, 4) is 0 Å². The third-order valence-electron chi connectivity index (χ3n) is 0. The molecule has 4 heavy (non-hydrogen) atoms. The molecular weight excluding hydrogens is 113 g/mol. The van der Waals surface area contributed by atoms with Gasteiger partial charge >= 0.3 is 104 Å². The molecule has 0 rings (SSSR count). The molecule has 0 aromatic heterocycles. The Balaban J connectivity index is 0. The Morgan fingerprint density at radius 1 is 1.25 bits per heavy atom. The van der Waals surface area contributed by atoms with Crippen LogP contribution in [-0.4, -0.2) is 5.48 Å². The smallest absolute Gasteiger partial charge is 1.00 e. The second kappa shape index (κ2) is 16.4. The van der Waals surface area contributed by atoms with Crippen LogP contribution in [0.3, 0.4) is 0 Å². The molecule has 0 aromatic rings. The standard InChI is InChI=1S/FH.2K.H2O.2H/h1H;;;1H2;;/q;2*+1;;2*-1/p+1. The number of halogens is 1. The predicted molar refractivity (Wildman–Crippen MR) is 9.45 cm³/mol. The topological polar surface area (TPSA) is 31.5 Å². The molecule has 0 radical (unpaired) electrons. The zero-order chi connectivity index (χ0) is 0. The van der Waals surface area contributed by atoms with Gasteiger partial charge in [0.25, 0.3) is 0 Å². The van der Waals surface area contributed by atoms with Crippen LogP contribution < -0.4 is 103 Å². The van der Waals surface area contributed by atoms with Crippen LogP contribution in [0.15, 0.2) is 0 Å². The third-order valence-corrected chi connectivity index (χ3v) is 0. The fourth-order valence-electron chi connectivity index (χ4n) is 0. The third kappa shape index (κ3) is 8.94. The van der Waals surface area contributed by atoms with Gasteiger partial charge in [-0.1, -0.05) is 0 Å². The summed E-state index contributed by atoms with van der Waals surface area (Å²) >= 11 is 0. The Morgan fingerprint density at radius 3 is 1.25 bits per heavy atom. The van der Waals surface area contributed by atoms with Crippen LogP contribution in [0.2, 0.25) is 0 Å². The molecule has 2 N–H and O–H groups in total. The first kappa shape index (κ1) is 27.2. The van der Waals surface area contributed by atoms with Crippen LogP contribution in [0.4, 0.5) is 4.70 Å². The van der Waals surface area contributed by atoms with Crippen molar-refractivity contribution in [1.82, 2.24) is 0 Å². The Hall–Kier alpha value is 3.16. The van der Waals surface area contributed by atoms with E-state index in [4.69, 9.17) is 0 Å². The van der Waals surface area contributed by atoms with E-state index in [1.165, 1.54) is 0 Å². The minimum atomic E-state index is 0. The molecule has 0 bridgehead atoms. The van der Waals surface area contributed by atoms with Crippen molar-refractivity contribution >= 4 is 0 Å². The average Bonchev–Trinajstić information content (AvgIpc) is 0. The van der Waals surface area contributed by atoms with Crippen LogP contribution in [0.25, 0.3) is 0 Å². The van der Waals surface area contributed by atoms with E-state index in [-0.39, 0.29) is 117 Å². The molecule has 0 aliphatic carbocycles. The summed E-state index contributed by atoms with van der Waals surface area (Å²) in [6.07, 6.45) is 0. The van der Waals surface area contributed by atoms with Crippen molar-refractivity contribution < 1.29 is 117 Å². The normalized spacial score (nSPS) is 0. The zero-order valence-corrected chi connectivity index (χ0v) is 9.15. The van der Waals surface area contributed by atoms with Crippen molar-refractivity contribution in [3.63, 3.8) is 0 Å². The summed E-state index contributed by atoms with van der Waals surface area (Å²) in [5.74, 6) is 0. The minimum absolute atomic E-state index is 0. The van der Waals surface area contributed by atoms with Crippen LogP contribution in [0.5, 0.6) is 0 Å². The maximum atomic E-state index is 0. The van der Waals surface area contributed by atoms with Gasteiger partial charge in [0.15, 0.2) is 0 Å². The summed E-state index contributed by atoms with van der Waals surface area (Å²) in [6.45, 7) is 0. The summed E-state index contributed by atoms with van der Waals surface area (Å²) in [5.41, 5.74) is 0. The largest absolute Gasteiger partial charge is 1.00 e. The van der Waals surface area contributed by atoms with Crippen LogP contribution >= 0.6 is 0 Å². The van der Waals surface area contributed by atoms with Gasteiger partial charge in [0.05, 0.1) is 0 Å². The van der Waals surface area contributed by atoms with Gasteiger partial charge in [-0.05, 0) is 0 Å². The van der Waals surface area contributed by atoms with E-state index in [9.17, 15) is 0 Å². The molecule has 1 nitrogen and oxygen atoms in total. The van der Waals surface area contributed by atoms with Gasteiger partial charge in [0.1, 0.15) is 0 Å². The van der Waals surface area contributed by atoms with Crippen molar-refractivity contribution in [2.45, 2.75) is 0 Å². The van der Waals surface area contributed by atoms with Crippen molar-refractivity contribution in [1.29, 1.82) is 0 Å². The number of hydrogen-bond donors (Lipinski definition) is 0. The summed E-state index contributed by atoms with van der Waals surface area (Å²) in [7, 11) is 0. The summed E-state index contributed by atoms with van der Waals surface area (Å²) in [4.78, 5) is 0. The Bertz CT molecular complexity index is 12.9. The Kier molecular flexibility index (Phi) is 112. The molecule has 0 heterocycles. The first-order valence-corrected chi connectivity index (χ1v) is 0. The first-order valence-electron chi connectivity index (χ1n) is 0. The molecule has 4 heteroatoms. The Morgan fingerprint density at radius 2 is 1.25 bits per heavy atom. The maximum Gasteiger partial charge on any atom is 1.00 e. The zero-order valence-electron chi connectivity index (χ0n) is 5.91. The quantitative estimate of drug-likeness (QED) is 0.284. The molecular formula is H6FK2O+. The van der Waals surface area contributed by atoms with Crippen LogP contribution in [0.1, 0.15) is 4.28 Å². The molecule has 0 aliphatic heterocycles. The Labute approximate surface area is 114 Å². The summed E-state index contributed by atoms with van der Waals surface area (Å²) < 4.78 is 0. The summed E-state index contributed by atoms with van der Waals surface area (Å²) in [6, 6.07) is 0. The SMILES string of the molecule is F.O.[H+].[H-].[H-].[K+].[K+]. The van der Waals surface area contributed by atoms with Crippen molar-refractivity contribution in [2.24, 2.45) is 0 Å². The van der Waals surface area contributed by atoms with Crippen LogP contribution in [0, 0.1) is 0 Å². The minimum Gasteiger partial charge on any atom is -1.00 e. The molecule has 0 saturated carbocycles. The molecule has 0 amide bonds. The number of hydrogen-bond acceptors (Lipinski definition) is 0. The van der Waals surface area contributed by atoms with E-state index in [0.717, 1.165) is 0 Å². The first-order chi connectivity index (χ1) is 0. The van der Waals surface area contributed by atoms with E-state index < -0.39 is 0 Å². The van der Waals surface area contributed by atoms with Crippen LogP contribution in [-0.2, 0) is 0 Å². The molecule has 0 saturated heterocycles. The van der Waals surface area contributed by atoms with E-state index in [2.05, 4.69) is 0 Å². The van der Waals surface area contributed by atoms with Crippen molar-refractivity contribution in [2.75, 3.05) is 0 Å². The fourth-order valence-corrected chi connectivity index (χ4v) is 0. The average molecular weight is 119 g/mol. The molecule has 0 aliphatic rings. The van der Waals surface area contributed by atoms with Crippen molar-refractivity contribution in [3.05, 3.63) is 0 Å². The van der Waals surface area contributed by atoms with Gasteiger partial charge in [-0.25, -0.2) is 0 Å². The molecule has 0 aromatic carbocycles. The second-order valence-corrected chi connectivity index (χ2v) is 0. The van der Waals surface area contributed by atoms with E-state index in [0.29, 0.717) is 0 Å². The second-order valence-electron chi connectivity index (χ2n) is 0. The monoisotopic (exact) mass is 119 g/mol. The van der Waals surface area contributed by atoms with Gasteiger partial charge in [0, 0.05) is 0 Å². The predicted octanol–water partition coefficient (Wildman–Crippen LogP) is -6.33. The van der Waals surface area contributed by atoms with E-state index >= 15 is 0 Å². The molecule has 0 unspecified atom stereocenters. The maximum absolute atomic E-state index is 0.